The van der Waals surface area contributed by atoms with Gasteiger partial charge in [-0.15, -0.1) is 0 Å². The number of benzene rings is 1. The first-order valence-corrected chi connectivity index (χ1v) is 7.85. The highest BCUT2D eigenvalue weighted by Crippen LogP contribution is 2.30. The number of nitrogens with one attached hydrogen (secondary N) is 1. The van der Waals surface area contributed by atoms with Gasteiger partial charge in [-0.3, -0.25) is 9.38 Å². The maximum atomic E-state index is 4.67. The number of aromatic nitrogens is 5. The maximum absolute atomic E-state index is 4.67. The number of nitrogens with zero attached hydrogens (tertiary/aromatic N) is 6. The Hall–Kier alpha value is -3.48. The Kier molecular flexibility index (Phi) is 3.74. The van der Waals surface area contributed by atoms with Crippen LogP contribution in [0.15, 0.2) is 61.4 Å². The maximum Gasteiger partial charge on any atom is 0.157 e. The fraction of sp³-hybridized carbons (Fsp3) is 0.111. The first kappa shape index (κ1) is 15.1. The molecule has 0 bridgehead atoms. The molecule has 3 heterocycles. The van der Waals surface area contributed by atoms with Gasteiger partial charge in [-0.05, 0) is 24.3 Å². The van der Waals surface area contributed by atoms with Crippen LogP contribution < -0.4 is 10.2 Å². The molecular weight excluding hydrogens is 314 g/mol. The Labute approximate surface area is 145 Å². The second kappa shape index (κ2) is 6.20. The molecule has 0 spiro atoms. The summed E-state index contributed by atoms with van der Waals surface area (Å²) < 4.78 is 1.97. The molecular formula is C18H17N7. The fourth-order valence-corrected chi connectivity index (χ4v) is 2.63. The van der Waals surface area contributed by atoms with Crippen LogP contribution in [0.4, 0.5) is 17.2 Å². The van der Waals surface area contributed by atoms with Gasteiger partial charge in [-0.2, -0.15) is 0 Å². The lowest BCUT2D eigenvalue weighted by atomic mass is 10.2. The third-order valence-corrected chi connectivity index (χ3v) is 3.88. The topological polar surface area (TPSA) is 71.2 Å². The monoisotopic (exact) mass is 331 g/mol. The second-order valence-electron chi connectivity index (χ2n) is 5.78. The summed E-state index contributed by atoms with van der Waals surface area (Å²) in [6.45, 7) is 0. The molecule has 0 saturated carbocycles. The minimum absolute atomic E-state index is 0.752. The van der Waals surface area contributed by atoms with Crippen molar-refractivity contribution in [3.8, 4) is 11.4 Å². The summed E-state index contributed by atoms with van der Waals surface area (Å²) in [5, 5.41) is 3.47. The molecule has 0 amide bonds. The summed E-state index contributed by atoms with van der Waals surface area (Å²) in [6, 6.07) is 10.0. The highest BCUT2D eigenvalue weighted by atomic mass is 15.2. The lowest BCUT2D eigenvalue weighted by Crippen LogP contribution is -2.08. The SMILES string of the molecule is CN(C)c1cccc(Nc2c(-c3ccncn3)nc3cnccn23)c1. The van der Waals surface area contributed by atoms with Crippen molar-refractivity contribution in [1.29, 1.82) is 0 Å². The van der Waals surface area contributed by atoms with Gasteiger partial charge < -0.3 is 10.2 Å². The highest BCUT2D eigenvalue weighted by molar-refractivity contribution is 5.78. The van der Waals surface area contributed by atoms with Crippen LogP contribution in [0, 0.1) is 0 Å². The van der Waals surface area contributed by atoms with E-state index in [0.717, 1.165) is 34.2 Å². The van der Waals surface area contributed by atoms with Crippen molar-refractivity contribution in [3.05, 3.63) is 61.4 Å². The van der Waals surface area contributed by atoms with Gasteiger partial charge in [0.2, 0.25) is 0 Å². The van der Waals surface area contributed by atoms with E-state index in [4.69, 9.17) is 0 Å². The predicted octanol–water partition coefficient (Wildman–Crippen LogP) is 3.00. The summed E-state index contributed by atoms with van der Waals surface area (Å²) in [5.41, 5.74) is 4.35. The molecule has 0 aliphatic heterocycles. The van der Waals surface area contributed by atoms with Gasteiger partial charge in [0.15, 0.2) is 5.65 Å². The number of imidazole rings is 1. The molecule has 4 rings (SSSR count). The fourth-order valence-electron chi connectivity index (χ4n) is 2.63. The second-order valence-corrected chi connectivity index (χ2v) is 5.78. The third kappa shape index (κ3) is 2.87. The van der Waals surface area contributed by atoms with Crippen molar-refractivity contribution in [3.63, 3.8) is 0 Å². The van der Waals surface area contributed by atoms with Gasteiger partial charge in [0.25, 0.3) is 0 Å². The number of rotatable bonds is 4. The minimum atomic E-state index is 0.752. The van der Waals surface area contributed by atoms with Crippen LogP contribution in [0.5, 0.6) is 0 Å². The summed E-state index contributed by atoms with van der Waals surface area (Å²) in [6.07, 6.45) is 8.58. The van der Waals surface area contributed by atoms with E-state index >= 15 is 0 Å². The van der Waals surface area contributed by atoms with Crippen LogP contribution in [0.1, 0.15) is 0 Å². The van der Waals surface area contributed by atoms with E-state index in [9.17, 15) is 0 Å². The molecule has 0 atom stereocenters. The number of anilines is 3. The number of hydrogen-bond donors (Lipinski definition) is 1. The zero-order chi connectivity index (χ0) is 17.2. The van der Waals surface area contributed by atoms with Gasteiger partial charge >= 0.3 is 0 Å². The molecule has 0 saturated heterocycles. The molecule has 124 valence electrons. The lowest BCUT2D eigenvalue weighted by molar-refractivity contribution is 1.12. The molecule has 0 radical (unpaired) electrons. The summed E-state index contributed by atoms with van der Waals surface area (Å²) in [5.74, 6) is 0.840. The molecule has 7 heteroatoms. The normalized spacial score (nSPS) is 10.8. The van der Waals surface area contributed by atoms with Crippen LogP contribution >= 0.6 is 0 Å². The largest absolute Gasteiger partial charge is 0.378 e. The van der Waals surface area contributed by atoms with Crippen molar-refractivity contribution in [2.24, 2.45) is 0 Å². The molecule has 0 unspecified atom stereocenters. The summed E-state index contributed by atoms with van der Waals surface area (Å²) in [4.78, 5) is 19.2. The Morgan fingerprint density at radius 1 is 1.08 bits per heavy atom. The van der Waals surface area contributed by atoms with Crippen LogP contribution in [-0.4, -0.2) is 38.4 Å². The molecule has 1 aromatic carbocycles. The Balaban J connectivity index is 1.84. The van der Waals surface area contributed by atoms with E-state index < -0.39 is 0 Å². The molecule has 4 aromatic rings. The lowest BCUT2D eigenvalue weighted by Gasteiger charge is -2.15. The van der Waals surface area contributed by atoms with E-state index in [1.807, 2.05) is 42.9 Å². The van der Waals surface area contributed by atoms with Gasteiger partial charge in [0.1, 0.15) is 17.8 Å². The molecule has 7 nitrogen and oxygen atoms in total. The van der Waals surface area contributed by atoms with Crippen molar-refractivity contribution in [2.75, 3.05) is 24.3 Å². The van der Waals surface area contributed by atoms with E-state index in [0.29, 0.717) is 0 Å². The number of hydrogen-bond acceptors (Lipinski definition) is 6. The summed E-state index contributed by atoms with van der Waals surface area (Å²) >= 11 is 0. The van der Waals surface area contributed by atoms with Crippen LogP contribution in [-0.2, 0) is 0 Å². The highest BCUT2D eigenvalue weighted by Gasteiger charge is 2.15. The van der Waals surface area contributed by atoms with Crippen LogP contribution in [0.25, 0.3) is 17.0 Å². The average molecular weight is 331 g/mol. The first-order valence-electron chi connectivity index (χ1n) is 7.85. The Morgan fingerprint density at radius 2 is 2.00 bits per heavy atom. The van der Waals surface area contributed by atoms with Crippen LogP contribution in [0.3, 0.4) is 0 Å². The molecule has 0 aliphatic rings. The standard InChI is InChI=1S/C18H17N7/c1-24(2)14-5-3-4-13(10-14)22-18-17(15-6-7-20-12-21-15)23-16-11-19-8-9-25(16)18/h3-12,22H,1-2H3. The zero-order valence-electron chi connectivity index (χ0n) is 14.0. The van der Waals surface area contributed by atoms with E-state index in [1.165, 1.54) is 6.33 Å². The predicted molar refractivity (Wildman–Crippen MR) is 98.1 cm³/mol. The smallest absolute Gasteiger partial charge is 0.157 e. The Morgan fingerprint density at radius 3 is 2.80 bits per heavy atom. The quantitative estimate of drug-likeness (QED) is 0.620. The van der Waals surface area contributed by atoms with Crippen LogP contribution in [0.2, 0.25) is 0 Å². The molecule has 3 aromatic heterocycles. The van der Waals surface area contributed by atoms with Gasteiger partial charge in [0, 0.05) is 44.1 Å². The van der Waals surface area contributed by atoms with Crippen molar-refractivity contribution >= 4 is 22.8 Å². The van der Waals surface area contributed by atoms with E-state index in [-0.39, 0.29) is 0 Å². The molecule has 0 fully saturated rings. The van der Waals surface area contributed by atoms with Gasteiger partial charge in [-0.1, -0.05) is 6.07 Å². The minimum Gasteiger partial charge on any atom is -0.378 e. The molecule has 25 heavy (non-hydrogen) atoms. The first-order chi connectivity index (χ1) is 12.2. The Bertz CT molecular complexity index is 1010. The van der Waals surface area contributed by atoms with Crippen molar-refractivity contribution in [2.45, 2.75) is 0 Å². The van der Waals surface area contributed by atoms with Gasteiger partial charge in [-0.25, -0.2) is 15.0 Å². The zero-order valence-corrected chi connectivity index (χ0v) is 14.0. The van der Waals surface area contributed by atoms with Crippen molar-refractivity contribution in [1.82, 2.24) is 24.3 Å². The summed E-state index contributed by atoms with van der Waals surface area (Å²) in [7, 11) is 4.04. The van der Waals surface area contributed by atoms with E-state index in [1.54, 1.807) is 18.6 Å². The average Bonchev–Trinajstić information content (AvgIpc) is 3.01. The van der Waals surface area contributed by atoms with Gasteiger partial charge in [0.05, 0.1) is 11.9 Å². The van der Waals surface area contributed by atoms with E-state index in [2.05, 4.69) is 42.3 Å². The number of fused-ring (bicyclic) bond motifs is 1. The molecule has 1 N–H and O–H groups in total. The third-order valence-electron chi connectivity index (χ3n) is 3.88. The molecule has 0 aliphatic carbocycles. The van der Waals surface area contributed by atoms with Crippen molar-refractivity contribution < 1.29 is 0 Å².